The Labute approximate surface area is 184 Å². The Bertz CT molecular complexity index is 857. The number of ether oxygens (including phenoxy) is 3. The number of anilines is 1. The minimum Gasteiger partial charge on any atom is -0.755 e. The fraction of sp³-hybridized carbons (Fsp3) is 0.556. The molecular weight excluding hydrogens is 459 g/mol. The van der Waals surface area contributed by atoms with Gasteiger partial charge in [0.15, 0.2) is 5.75 Å². The summed E-state index contributed by atoms with van der Waals surface area (Å²) in [6, 6.07) is 3.01. The number of carbonyl (C=O) groups excluding carboxylic acids is 2. The van der Waals surface area contributed by atoms with Crippen molar-refractivity contribution < 1.29 is 45.7 Å². The van der Waals surface area contributed by atoms with E-state index in [1.165, 1.54) is 15.9 Å². The molecule has 1 atom stereocenters. The number of carbonyl (C=O) groups is 2. The summed E-state index contributed by atoms with van der Waals surface area (Å²) in [5.74, 6) is -1.43. The average Bonchev–Trinajstić information content (AvgIpc) is 2.74. The fourth-order valence-electron chi connectivity index (χ4n) is 3.32. The molecule has 0 aromatic heterocycles. The second kappa shape index (κ2) is 10.4. The van der Waals surface area contributed by atoms with Gasteiger partial charge in [0.2, 0.25) is 0 Å². The SMILES string of the molecule is O=C(OC1CCOCC1)N1CCN(C(=O)c2ccc(NS(=O)[O-])c(OC(F)(F)F)c2)CC1. The van der Waals surface area contributed by atoms with Gasteiger partial charge in [-0.3, -0.25) is 9.00 Å². The Balaban J connectivity index is 1.61. The summed E-state index contributed by atoms with van der Waals surface area (Å²) in [7, 11) is 0. The van der Waals surface area contributed by atoms with E-state index in [4.69, 9.17) is 9.47 Å². The monoisotopic (exact) mass is 480 g/mol. The van der Waals surface area contributed by atoms with Gasteiger partial charge < -0.3 is 33.3 Å². The van der Waals surface area contributed by atoms with Gasteiger partial charge in [0, 0.05) is 55.9 Å². The van der Waals surface area contributed by atoms with Crippen molar-refractivity contribution in [3.63, 3.8) is 0 Å². The first-order chi connectivity index (χ1) is 15.1. The molecule has 1 aromatic carbocycles. The van der Waals surface area contributed by atoms with E-state index in [1.54, 1.807) is 4.72 Å². The summed E-state index contributed by atoms with van der Waals surface area (Å²) < 4.78 is 75.9. The maximum atomic E-state index is 12.7. The van der Waals surface area contributed by atoms with Crippen LogP contribution in [0.2, 0.25) is 0 Å². The van der Waals surface area contributed by atoms with Gasteiger partial charge in [-0.25, -0.2) is 4.79 Å². The lowest BCUT2D eigenvalue weighted by molar-refractivity contribution is -0.274. The van der Waals surface area contributed by atoms with Gasteiger partial charge >= 0.3 is 12.5 Å². The smallest absolute Gasteiger partial charge is 0.573 e. The lowest BCUT2D eigenvalue weighted by Gasteiger charge is -2.35. The zero-order chi connectivity index (χ0) is 23.3. The molecule has 2 aliphatic heterocycles. The molecule has 0 radical (unpaired) electrons. The van der Waals surface area contributed by atoms with E-state index in [-0.39, 0.29) is 37.8 Å². The van der Waals surface area contributed by atoms with E-state index in [9.17, 15) is 31.5 Å². The standard InChI is InChI=1S/C18H22F3N3O7S/c19-18(20,21)31-15-11-12(1-2-14(15)22-32(27)28)16(25)23-5-7-24(8-6-23)17(26)30-13-3-9-29-10-4-13/h1-2,11,13,22H,3-10H2,(H,27,28)/p-1. The fourth-order valence-corrected chi connectivity index (χ4v) is 3.67. The Morgan fingerprint density at radius 1 is 1.12 bits per heavy atom. The van der Waals surface area contributed by atoms with E-state index >= 15 is 0 Å². The van der Waals surface area contributed by atoms with Crippen molar-refractivity contribution in [2.24, 2.45) is 0 Å². The maximum Gasteiger partial charge on any atom is 0.573 e. The number of nitrogens with one attached hydrogen (secondary N) is 1. The highest BCUT2D eigenvalue weighted by Crippen LogP contribution is 2.32. The van der Waals surface area contributed by atoms with Crippen molar-refractivity contribution in [1.82, 2.24) is 9.80 Å². The molecule has 0 spiro atoms. The topological polar surface area (TPSA) is 120 Å². The van der Waals surface area contributed by atoms with E-state index < -0.39 is 41.1 Å². The summed E-state index contributed by atoms with van der Waals surface area (Å²) >= 11 is -2.89. The van der Waals surface area contributed by atoms with Crippen LogP contribution in [0.5, 0.6) is 5.75 Å². The van der Waals surface area contributed by atoms with Crippen LogP contribution in [0.1, 0.15) is 23.2 Å². The lowest BCUT2D eigenvalue weighted by atomic mass is 10.1. The maximum absolute atomic E-state index is 12.7. The third-order valence-electron chi connectivity index (χ3n) is 4.91. The minimum atomic E-state index is -5.08. The molecule has 3 rings (SSSR count). The van der Waals surface area contributed by atoms with Gasteiger partial charge in [0.1, 0.15) is 6.10 Å². The average molecular weight is 480 g/mol. The van der Waals surface area contributed by atoms with Crippen LogP contribution in [0.15, 0.2) is 18.2 Å². The van der Waals surface area contributed by atoms with Crippen molar-refractivity contribution in [2.45, 2.75) is 25.3 Å². The van der Waals surface area contributed by atoms with Gasteiger partial charge in [-0.2, -0.15) is 0 Å². The van der Waals surface area contributed by atoms with Crippen molar-refractivity contribution >= 4 is 29.0 Å². The number of benzene rings is 1. The van der Waals surface area contributed by atoms with Crippen LogP contribution in [0.3, 0.4) is 0 Å². The Morgan fingerprint density at radius 3 is 2.34 bits per heavy atom. The first-order valence-corrected chi connectivity index (χ1v) is 10.8. The van der Waals surface area contributed by atoms with Crippen molar-refractivity contribution in [2.75, 3.05) is 44.1 Å². The molecule has 2 saturated heterocycles. The summed E-state index contributed by atoms with van der Waals surface area (Å²) in [5.41, 5.74) is -0.586. The number of piperazine rings is 1. The van der Waals surface area contributed by atoms with Gasteiger partial charge in [-0.1, -0.05) is 0 Å². The second-order valence-corrected chi connectivity index (χ2v) is 7.74. The third-order valence-corrected chi connectivity index (χ3v) is 5.30. The molecule has 2 heterocycles. The zero-order valence-electron chi connectivity index (χ0n) is 16.8. The predicted octanol–water partition coefficient (Wildman–Crippen LogP) is 1.86. The summed E-state index contributed by atoms with van der Waals surface area (Å²) in [6.07, 6.45) is -4.53. The van der Waals surface area contributed by atoms with Crippen LogP contribution < -0.4 is 9.46 Å². The summed E-state index contributed by atoms with van der Waals surface area (Å²) in [4.78, 5) is 27.9. The molecule has 32 heavy (non-hydrogen) atoms. The minimum absolute atomic E-state index is 0.121. The van der Waals surface area contributed by atoms with Gasteiger partial charge in [0.25, 0.3) is 5.91 Å². The van der Waals surface area contributed by atoms with E-state index in [0.29, 0.717) is 26.1 Å². The summed E-state index contributed by atoms with van der Waals surface area (Å²) in [6.45, 7) is 1.77. The molecule has 0 bridgehead atoms. The molecule has 10 nitrogen and oxygen atoms in total. The molecule has 2 amide bonds. The molecule has 1 N–H and O–H groups in total. The van der Waals surface area contributed by atoms with E-state index in [0.717, 1.165) is 12.1 Å². The third kappa shape index (κ3) is 6.71. The number of alkyl halides is 3. The van der Waals surface area contributed by atoms with Gasteiger partial charge in [0.05, 0.1) is 18.9 Å². The quantitative estimate of drug-likeness (QED) is 0.639. The highest BCUT2D eigenvalue weighted by molar-refractivity contribution is 7.80. The van der Waals surface area contributed by atoms with Crippen molar-refractivity contribution in [3.05, 3.63) is 23.8 Å². The zero-order valence-corrected chi connectivity index (χ0v) is 17.6. The number of nitrogens with zero attached hydrogens (tertiary/aromatic N) is 2. The number of hydrogen-bond donors (Lipinski definition) is 1. The van der Waals surface area contributed by atoms with Crippen LogP contribution in [0.25, 0.3) is 0 Å². The van der Waals surface area contributed by atoms with Crippen LogP contribution in [-0.4, -0.2) is 82.4 Å². The van der Waals surface area contributed by atoms with Crippen molar-refractivity contribution in [3.8, 4) is 5.75 Å². The number of hydrogen-bond acceptors (Lipinski definition) is 7. The molecule has 0 aliphatic carbocycles. The molecule has 2 fully saturated rings. The molecule has 1 aromatic rings. The molecule has 14 heteroatoms. The van der Waals surface area contributed by atoms with Crippen molar-refractivity contribution in [1.29, 1.82) is 0 Å². The first-order valence-electron chi connectivity index (χ1n) is 9.70. The highest BCUT2D eigenvalue weighted by Gasteiger charge is 2.33. The Morgan fingerprint density at radius 2 is 1.75 bits per heavy atom. The van der Waals surface area contributed by atoms with Crippen LogP contribution in [-0.2, 0) is 20.7 Å². The molecular formula is C18H21F3N3O7S-. The molecule has 2 aliphatic rings. The van der Waals surface area contributed by atoms with E-state index in [2.05, 4.69) is 4.74 Å². The number of rotatable bonds is 5. The molecule has 178 valence electrons. The largest absolute Gasteiger partial charge is 0.755 e. The highest BCUT2D eigenvalue weighted by atomic mass is 32.2. The first kappa shape index (κ1) is 24.1. The molecule has 0 saturated carbocycles. The van der Waals surface area contributed by atoms with Crippen LogP contribution >= 0.6 is 0 Å². The summed E-state index contributed by atoms with van der Waals surface area (Å²) in [5, 5.41) is 0. The Hall–Kier alpha value is -2.58. The molecule has 1 unspecified atom stereocenters. The Kier molecular flexibility index (Phi) is 7.79. The second-order valence-electron chi connectivity index (χ2n) is 7.07. The van der Waals surface area contributed by atoms with Gasteiger partial charge in [-0.15, -0.1) is 13.2 Å². The van der Waals surface area contributed by atoms with Crippen LogP contribution in [0, 0.1) is 0 Å². The van der Waals surface area contributed by atoms with Crippen LogP contribution in [0.4, 0.5) is 23.7 Å². The van der Waals surface area contributed by atoms with Gasteiger partial charge in [-0.05, 0) is 18.2 Å². The number of amides is 2. The number of halogens is 3. The normalized spacial score (nSPS) is 18.8. The lowest BCUT2D eigenvalue weighted by Crippen LogP contribution is -2.51. The van der Waals surface area contributed by atoms with E-state index in [1.807, 2.05) is 0 Å². The predicted molar refractivity (Wildman–Crippen MR) is 103 cm³/mol.